The highest BCUT2D eigenvalue weighted by Gasteiger charge is 2.45. The van der Waals surface area contributed by atoms with Crippen LogP contribution < -0.4 is 5.32 Å². The van der Waals surface area contributed by atoms with Gasteiger partial charge in [-0.05, 0) is 43.2 Å². The predicted octanol–water partition coefficient (Wildman–Crippen LogP) is 3.74. The van der Waals surface area contributed by atoms with Gasteiger partial charge in [0.25, 0.3) is 0 Å². The summed E-state index contributed by atoms with van der Waals surface area (Å²) in [7, 11) is 0. The molecular weight excluding hydrogens is 234 g/mol. The van der Waals surface area contributed by atoms with Crippen LogP contribution in [0.3, 0.4) is 0 Å². The van der Waals surface area contributed by atoms with Crippen molar-refractivity contribution in [2.45, 2.75) is 63.5 Å². The molecule has 1 fully saturated rings. The molecule has 0 aromatic heterocycles. The van der Waals surface area contributed by atoms with E-state index in [1.165, 1.54) is 30.5 Å². The third-order valence-corrected chi connectivity index (χ3v) is 5.23. The number of anilines is 1. The molecule has 104 valence electrons. The highest BCUT2D eigenvalue weighted by Crippen LogP contribution is 2.42. The SMILES string of the molecule is CCC1CCCCC1(O)C1CCc2ccccc2N1. The molecule has 1 saturated carbocycles. The number of aryl methyl sites for hydroxylation is 1. The summed E-state index contributed by atoms with van der Waals surface area (Å²) in [5.74, 6) is 0.462. The molecule has 2 heteroatoms. The standard InChI is InChI=1S/C17H25NO/c1-2-14-8-5-6-12-17(14,19)16-11-10-13-7-3-4-9-15(13)18-16/h3-4,7,9,14,16,18-19H,2,5-6,8,10-12H2,1H3. The number of aliphatic hydroxyl groups is 1. The summed E-state index contributed by atoms with van der Waals surface area (Å²) in [4.78, 5) is 0. The minimum absolute atomic E-state index is 0.229. The Balaban J connectivity index is 1.83. The fourth-order valence-corrected chi connectivity index (χ4v) is 4.08. The van der Waals surface area contributed by atoms with Crippen LogP contribution in [-0.2, 0) is 6.42 Å². The van der Waals surface area contributed by atoms with E-state index in [0.717, 1.165) is 25.7 Å². The van der Waals surface area contributed by atoms with E-state index in [9.17, 15) is 5.11 Å². The van der Waals surface area contributed by atoms with Crippen molar-refractivity contribution in [1.82, 2.24) is 0 Å². The van der Waals surface area contributed by atoms with Gasteiger partial charge in [-0.1, -0.05) is 44.4 Å². The summed E-state index contributed by atoms with van der Waals surface area (Å²) in [6, 6.07) is 8.75. The van der Waals surface area contributed by atoms with Crippen LogP contribution in [0, 0.1) is 5.92 Å². The third kappa shape index (κ3) is 2.27. The topological polar surface area (TPSA) is 32.3 Å². The molecule has 2 aliphatic rings. The zero-order chi connectivity index (χ0) is 13.3. The molecule has 1 aliphatic carbocycles. The van der Waals surface area contributed by atoms with Crippen LogP contribution >= 0.6 is 0 Å². The Hall–Kier alpha value is -1.02. The van der Waals surface area contributed by atoms with E-state index in [1.54, 1.807) is 0 Å². The first-order valence-electron chi connectivity index (χ1n) is 7.81. The Labute approximate surface area is 116 Å². The van der Waals surface area contributed by atoms with Crippen LogP contribution in [0.5, 0.6) is 0 Å². The van der Waals surface area contributed by atoms with Gasteiger partial charge in [0.1, 0.15) is 0 Å². The first-order valence-corrected chi connectivity index (χ1v) is 7.81. The smallest absolute Gasteiger partial charge is 0.0875 e. The monoisotopic (exact) mass is 259 g/mol. The molecule has 0 saturated heterocycles. The van der Waals surface area contributed by atoms with Gasteiger partial charge in [0.2, 0.25) is 0 Å². The van der Waals surface area contributed by atoms with E-state index >= 15 is 0 Å². The van der Waals surface area contributed by atoms with Gasteiger partial charge in [0, 0.05) is 5.69 Å². The zero-order valence-electron chi connectivity index (χ0n) is 11.9. The van der Waals surface area contributed by atoms with Crippen molar-refractivity contribution in [3.63, 3.8) is 0 Å². The maximum Gasteiger partial charge on any atom is 0.0875 e. The van der Waals surface area contributed by atoms with Gasteiger partial charge in [0.05, 0.1) is 11.6 Å². The molecule has 1 aromatic rings. The minimum atomic E-state index is -0.499. The lowest BCUT2D eigenvalue weighted by Crippen LogP contribution is -2.54. The summed E-state index contributed by atoms with van der Waals surface area (Å²) >= 11 is 0. The largest absolute Gasteiger partial charge is 0.387 e. The third-order valence-electron chi connectivity index (χ3n) is 5.23. The Kier molecular flexibility index (Phi) is 3.53. The van der Waals surface area contributed by atoms with E-state index in [-0.39, 0.29) is 6.04 Å². The van der Waals surface area contributed by atoms with E-state index in [1.807, 2.05) is 0 Å². The molecule has 2 N–H and O–H groups in total. The highest BCUT2D eigenvalue weighted by atomic mass is 16.3. The number of rotatable bonds is 2. The second-order valence-electron chi connectivity index (χ2n) is 6.23. The number of nitrogens with one attached hydrogen (secondary N) is 1. The van der Waals surface area contributed by atoms with Crippen LogP contribution in [0.2, 0.25) is 0 Å². The van der Waals surface area contributed by atoms with Crippen molar-refractivity contribution in [3.05, 3.63) is 29.8 Å². The Morgan fingerprint density at radius 1 is 1.26 bits per heavy atom. The lowest BCUT2D eigenvalue weighted by Gasteiger charge is -2.47. The van der Waals surface area contributed by atoms with Crippen molar-refractivity contribution in [2.24, 2.45) is 5.92 Å². The molecule has 1 aromatic carbocycles. The molecule has 1 heterocycles. The second-order valence-corrected chi connectivity index (χ2v) is 6.23. The Bertz CT molecular complexity index is 445. The number of para-hydroxylation sites is 1. The molecular formula is C17H25NO. The van der Waals surface area contributed by atoms with Crippen molar-refractivity contribution in [3.8, 4) is 0 Å². The van der Waals surface area contributed by atoms with Gasteiger partial charge in [-0.25, -0.2) is 0 Å². The van der Waals surface area contributed by atoms with Crippen LogP contribution in [0.15, 0.2) is 24.3 Å². The van der Waals surface area contributed by atoms with Gasteiger partial charge < -0.3 is 10.4 Å². The molecule has 0 spiro atoms. The molecule has 3 rings (SSSR count). The van der Waals surface area contributed by atoms with Crippen molar-refractivity contribution < 1.29 is 5.11 Å². The summed E-state index contributed by atoms with van der Waals surface area (Å²) in [5.41, 5.74) is 2.12. The van der Waals surface area contributed by atoms with Crippen molar-refractivity contribution in [2.75, 3.05) is 5.32 Å². The molecule has 2 nitrogen and oxygen atoms in total. The summed E-state index contributed by atoms with van der Waals surface area (Å²) in [6.45, 7) is 2.22. The zero-order valence-corrected chi connectivity index (χ0v) is 11.9. The fraction of sp³-hybridized carbons (Fsp3) is 0.647. The Morgan fingerprint density at radius 2 is 2.11 bits per heavy atom. The fourth-order valence-electron chi connectivity index (χ4n) is 4.08. The number of fused-ring (bicyclic) bond motifs is 1. The maximum absolute atomic E-state index is 11.2. The van der Waals surface area contributed by atoms with Gasteiger partial charge in [-0.3, -0.25) is 0 Å². The molecule has 3 unspecified atom stereocenters. The maximum atomic E-state index is 11.2. The Morgan fingerprint density at radius 3 is 2.95 bits per heavy atom. The van der Waals surface area contributed by atoms with Gasteiger partial charge in [-0.15, -0.1) is 0 Å². The van der Waals surface area contributed by atoms with E-state index < -0.39 is 5.60 Å². The number of hydrogen-bond acceptors (Lipinski definition) is 2. The molecule has 0 bridgehead atoms. The summed E-state index contributed by atoms with van der Waals surface area (Å²) in [5, 5.41) is 14.8. The van der Waals surface area contributed by atoms with Crippen LogP contribution in [0.25, 0.3) is 0 Å². The summed E-state index contributed by atoms with van der Waals surface area (Å²) < 4.78 is 0. The molecule has 0 radical (unpaired) electrons. The number of hydrogen-bond donors (Lipinski definition) is 2. The quantitative estimate of drug-likeness (QED) is 0.848. The molecule has 1 aliphatic heterocycles. The molecule has 19 heavy (non-hydrogen) atoms. The predicted molar refractivity (Wildman–Crippen MR) is 79.4 cm³/mol. The minimum Gasteiger partial charge on any atom is -0.387 e. The normalized spacial score (nSPS) is 34.4. The lowest BCUT2D eigenvalue weighted by atomic mass is 9.68. The first-order chi connectivity index (χ1) is 9.24. The van der Waals surface area contributed by atoms with Crippen molar-refractivity contribution in [1.29, 1.82) is 0 Å². The van der Waals surface area contributed by atoms with E-state index in [4.69, 9.17) is 0 Å². The average Bonchev–Trinajstić information content (AvgIpc) is 2.47. The lowest BCUT2D eigenvalue weighted by molar-refractivity contribution is -0.0667. The number of benzene rings is 1. The first kappa shape index (κ1) is 13.0. The van der Waals surface area contributed by atoms with Crippen LogP contribution in [0.4, 0.5) is 5.69 Å². The van der Waals surface area contributed by atoms with Gasteiger partial charge in [0.15, 0.2) is 0 Å². The average molecular weight is 259 g/mol. The van der Waals surface area contributed by atoms with Crippen LogP contribution in [0.1, 0.15) is 51.0 Å². The van der Waals surface area contributed by atoms with Gasteiger partial charge >= 0.3 is 0 Å². The molecule has 3 atom stereocenters. The van der Waals surface area contributed by atoms with Gasteiger partial charge in [-0.2, -0.15) is 0 Å². The van der Waals surface area contributed by atoms with Crippen molar-refractivity contribution >= 4 is 5.69 Å². The highest BCUT2D eigenvalue weighted by molar-refractivity contribution is 5.54. The van der Waals surface area contributed by atoms with E-state index in [2.05, 4.69) is 36.5 Å². The second kappa shape index (κ2) is 5.16. The van der Waals surface area contributed by atoms with E-state index in [0.29, 0.717) is 5.92 Å². The summed E-state index contributed by atoms with van der Waals surface area (Å²) in [6.07, 6.45) is 7.85. The van der Waals surface area contributed by atoms with Crippen LogP contribution in [-0.4, -0.2) is 16.7 Å². The molecule has 0 amide bonds.